The molecule has 2 aromatic carbocycles. The number of para-hydroxylation sites is 1. The van der Waals surface area contributed by atoms with Crippen LogP contribution in [-0.4, -0.2) is 19.3 Å². The quantitative estimate of drug-likeness (QED) is 0.476. The summed E-state index contributed by atoms with van der Waals surface area (Å²) in [5.74, 6) is -0.178. The highest BCUT2D eigenvalue weighted by molar-refractivity contribution is 7.20. The van der Waals surface area contributed by atoms with E-state index >= 15 is 0 Å². The lowest BCUT2D eigenvalue weighted by Gasteiger charge is -2.22. The Hall–Kier alpha value is -3.45. The molecular formula is C21H15N4O2S-. The Morgan fingerprint density at radius 1 is 1.07 bits per heavy atom. The van der Waals surface area contributed by atoms with E-state index in [1.54, 1.807) is 11.5 Å². The molecule has 7 heteroatoms. The van der Waals surface area contributed by atoms with Gasteiger partial charge in [-0.05, 0) is 36.6 Å². The van der Waals surface area contributed by atoms with Gasteiger partial charge in [-0.15, -0.1) is 0 Å². The van der Waals surface area contributed by atoms with Crippen LogP contribution in [0, 0.1) is 6.92 Å². The first-order valence-corrected chi connectivity index (χ1v) is 9.63. The lowest BCUT2D eigenvalue weighted by atomic mass is 10.1. The van der Waals surface area contributed by atoms with Gasteiger partial charge in [0.05, 0.1) is 21.5 Å². The highest BCUT2D eigenvalue weighted by Gasteiger charge is 2.22. The molecule has 6 nitrogen and oxygen atoms in total. The smallest absolute Gasteiger partial charge is 0.284 e. The van der Waals surface area contributed by atoms with Gasteiger partial charge in [-0.1, -0.05) is 53.8 Å². The van der Waals surface area contributed by atoms with Crippen LogP contribution in [0.5, 0.6) is 5.88 Å². The van der Waals surface area contributed by atoms with Gasteiger partial charge >= 0.3 is 0 Å². The molecule has 0 bridgehead atoms. The molecular weight excluding hydrogens is 372 g/mol. The fraction of sp³-hybridized carbons (Fsp3) is 0.0952. The fourth-order valence-electron chi connectivity index (χ4n) is 3.40. The van der Waals surface area contributed by atoms with E-state index < -0.39 is 0 Å². The molecule has 138 valence electrons. The predicted octanol–water partition coefficient (Wildman–Crippen LogP) is 3.18. The molecule has 3 aromatic rings. The minimum atomic E-state index is -0.256. The van der Waals surface area contributed by atoms with Crippen LogP contribution in [0.4, 0.5) is 0 Å². The van der Waals surface area contributed by atoms with E-state index in [4.69, 9.17) is 0 Å². The summed E-state index contributed by atoms with van der Waals surface area (Å²) in [6, 6.07) is 18.8. The number of aromatic nitrogens is 4. The molecule has 2 aliphatic heterocycles. The summed E-state index contributed by atoms with van der Waals surface area (Å²) >= 11 is 1.40. The Bertz CT molecular complexity index is 1300. The first-order chi connectivity index (χ1) is 13.6. The second kappa shape index (κ2) is 6.31. The molecule has 0 atom stereocenters. The van der Waals surface area contributed by atoms with Crippen LogP contribution in [-0.2, 0) is 6.54 Å². The van der Waals surface area contributed by atoms with Crippen molar-refractivity contribution in [3.05, 3.63) is 82.3 Å². The Labute approximate surface area is 164 Å². The summed E-state index contributed by atoms with van der Waals surface area (Å²) in [6.07, 6.45) is 0. The minimum Gasteiger partial charge on any atom is -0.860 e. The zero-order valence-corrected chi connectivity index (χ0v) is 15.8. The fourth-order valence-corrected chi connectivity index (χ4v) is 4.31. The van der Waals surface area contributed by atoms with Gasteiger partial charge in [0.2, 0.25) is 5.13 Å². The third kappa shape index (κ3) is 2.59. The van der Waals surface area contributed by atoms with Crippen molar-refractivity contribution in [2.24, 2.45) is 0 Å². The van der Waals surface area contributed by atoms with Crippen LogP contribution in [0.15, 0.2) is 65.5 Å². The normalized spacial score (nSPS) is 11.5. The van der Waals surface area contributed by atoms with Crippen molar-refractivity contribution in [1.29, 1.82) is 0 Å². The molecule has 0 radical (unpaired) electrons. The summed E-state index contributed by atoms with van der Waals surface area (Å²) in [5.41, 5.74) is 3.03. The molecule has 0 N–H and O–H groups in total. The maximum Gasteiger partial charge on any atom is 0.284 e. The van der Waals surface area contributed by atoms with Crippen LogP contribution in [0.3, 0.4) is 0 Å². The predicted molar refractivity (Wildman–Crippen MR) is 107 cm³/mol. The number of thiazole rings is 1. The molecule has 0 saturated heterocycles. The van der Waals surface area contributed by atoms with E-state index in [0.29, 0.717) is 28.6 Å². The Kier molecular flexibility index (Phi) is 3.77. The summed E-state index contributed by atoms with van der Waals surface area (Å²) in [4.78, 5) is 17.6. The number of benzene rings is 2. The molecule has 1 aromatic heterocycles. The van der Waals surface area contributed by atoms with Crippen LogP contribution in [0.25, 0.3) is 26.6 Å². The number of hydrogen-bond acceptors (Lipinski definition) is 5. The maximum absolute atomic E-state index is 13.1. The second-order valence-electron chi connectivity index (χ2n) is 6.58. The molecule has 3 heterocycles. The van der Waals surface area contributed by atoms with Crippen molar-refractivity contribution in [1.82, 2.24) is 19.3 Å². The highest BCUT2D eigenvalue weighted by Crippen LogP contribution is 2.29. The van der Waals surface area contributed by atoms with Gasteiger partial charge in [-0.2, -0.15) is 9.78 Å². The van der Waals surface area contributed by atoms with Gasteiger partial charge in [0.1, 0.15) is 0 Å². The molecule has 0 amide bonds. The molecule has 0 saturated carbocycles. The van der Waals surface area contributed by atoms with Gasteiger partial charge in [0.15, 0.2) is 0 Å². The SMILES string of the molecule is Cc1c2c(=O)n(-c3nc4ccccc4s3)nc-2cc([O-])n1Cc1ccccc1. The zero-order chi connectivity index (χ0) is 19.3. The summed E-state index contributed by atoms with van der Waals surface area (Å²) in [6.45, 7) is 2.20. The Morgan fingerprint density at radius 3 is 2.61 bits per heavy atom. The van der Waals surface area contributed by atoms with Crippen LogP contribution in [0.2, 0.25) is 0 Å². The van der Waals surface area contributed by atoms with Crippen molar-refractivity contribution >= 4 is 21.6 Å². The van der Waals surface area contributed by atoms with Crippen LogP contribution >= 0.6 is 11.3 Å². The summed E-state index contributed by atoms with van der Waals surface area (Å²) < 4.78 is 3.90. The van der Waals surface area contributed by atoms with Crippen molar-refractivity contribution in [3.8, 4) is 22.3 Å². The lowest BCUT2D eigenvalue weighted by Crippen LogP contribution is -2.18. The first-order valence-electron chi connectivity index (χ1n) is 8.82. The molecule has 2 aliphatic rings. The molecule has 0 spiro atoms. The molecule has 0 fully saturated rings. The van der Waals surface area contributed by atoms with Crippen molar-refractivity contribution < 1.29 is 5.11 Å². The average molecular weight is 387 g/mol. The summed E-state index contributed by atoms with van der Waals surface area (Å²) in [5, 5.41) is 17.5. The van der Waals surface area contributed by atoms with Crippen molar-refractivity contribution in [2.45, 2.75) is 13.5 Å². The number of fused-ring (bicyclic) bond motifs is 2. The van der Waals surface area contributed by atoms with Gasteiger partial charge in [-0.25, -0.2) is 4.98 Å². The van der Waals surface area contributed by atoms with Gasteiger partial charge in [-0.3, -0.25) is 4.79 Å². The standard InChI is InChI=1S/C21H16N4O2S/c1-13-19-16(11-18(26)24(13)12-14-7-3-2-4-8-14)23-25(20(19)27)21-22-15-9-5-6-10-17(15)28-21/h2-11,26H,12H2,1H3/p-1. The van der Waals surface area contributed by atoms with Crippen LogP contribution < -0.4 is 10.7 Å². The monoisotopic (exact) mass is 387 g/mol. The third-order valence-corrected chi connectivity index (χ3v) is 5.82. The topological polar surface area (TPSA) is 75.8 Å². The second-order valence-corrected chi connectivity index (χ2v) is 7.59. The molecule has 28 heavy (non-hydrogen) atoms. The largest absolute Gasteiger partial charge is 0.860 e. The molecule has 0 aliphatic carbocycles. The number of hydrogen-bond donors (Lipinski definition) is 0. The minimum absolute atomic E-state index is 0.178. The van der Waals surface area contributed by atoms with E-state index in [1.807, 2.05) is 54.6 Å². The van der Waals surface area contributed by atoms with E-state index in [0.717, 1.165) is 15.8 Å². The van der Waals surface area contributed by atoms with E-state index in [9.17, 15) is 9.90 Å². The molecule has 5 rings (SSSR count). The maximum atomic E-state index is 13.1. The number of rotatable bonds is 3. The Balaban J connectivity index is 1.68. The van der Waals surface area contributed by atoms with Crippen molar-refractivity contribution in [2.75, 3.05) is 0 Å². The summed E-state index contributed by atoms with van der Waals surface area (Å²) in [7, 11) is 0. The van der Waals surface area contributed by atoms with E-state index in [2.05, 4.69) is 10.1 Å². The zero-order valence-electron chi connectivity index (χ0n) is 15.0. The lowest BCUT2D eigenvalue weighted by molar-refractivity contribution is -0.279. The molecule has 0 unspecified atom stereocenters. The Morgan fingerprint density at radius 2 is 1.82 bits per heavy atom. The van der Waals surface area contributed by atoms with E-state index in [-0.39, 0.29) is 11.4 Å². The number of pyridine rings is 1. The average Bonchev–Trinajstić information content (AvgIpc) is 3.27. The van der Waals surface area contributed by atoms with E-state index in [1.165, 1.54) is 22.1 Å². The first kappa shape index (κ1) is 16.7. The van der Waals surface area contributed by atoms with Crippen LogP contribution in [0.1, 0.15) is 11.3 Å². The third-order valence-electron chi connectivity index (χ3n) is 4.81. The van der Waals surface area contributed by atoms with Gasteiger partial charge < -0.3 is 9.67 Å². The number of nitrogens with zero attached hydrogens (tertiary/aromatic N) is 4. The van der Waals surface area contributed by atoms with Gasteiger partial charge in [0, 0.05) is 12.2 Å². The van der Waals surface area contributed by atoms with Crippen molar-refractivity contribution in [3.63, 3.8) is 0 Å². The highest BCUT2D eigenvalue weighted by atomic mass is 32.1. The van der Waals surface area contributed by atoms with Gasteiger partial charge in [0.25, 0.3) is 5.56 Å².